The van der Waals surface area contributed by atoms with Gasteiger partial charge in [-0.1, -0.05) is 24.3 Å². The number of rotatable bonds is 7. The van der Waals surface area contributed by atoms with Crippen LogP contribution in [-0.2, 0) is 19.6 Å². The molecule has 1 N–H and O–H groups in total. The van der Waals surface area contributed by atoms with Crippen LogP contribution in [0.15, 0.2) is 41.3 Å². The standard InChI is InChI=1S/C25H33N3O5S/c1-17-15-18(2)20(4)24(19(17)3)34(31,32)28-13-11-27(12-14-28)25(30)21(5)26-23(29)16-33-22-9-7-6-8-10-22/h6-10,15,21H,11-14,16H2,1-5H3,(H,26,29). The first-order valence-corrected chi connectivity index (χ1v) is 12.8. The van der Waals surface area contributed by atoms with E-state index in [9.17, 15) is 18.0 Å². The van der Waals surface area contributed by atoms with Crippen molar-refractivity contribution in [3.63, 3.8) is 0 Å². The Morgan fingerprint density at radius 2 is 1.53 bits per heavy atom. The monoisotopic (exact) mass is 487 g/mol. The number of nitrogens with zero attached hydrogens (tertiary/aromatic N) is 2. The molecule has 1 fully saturated rings. The van der Waals surface area contributed by atoms with Crippen molar-refractivity contribution in [3.05, 3.63) is 58.7 Å². The molecule has 3 rings (SSSR count). The van der Waals surface area contributed by atoms with Crippen LogP contribution in [0, 0.1) is 27.7 Å². The van der Waals surface area contributed by atoms with Crippen LogP contribution in [-0.4, -0.2) is 68.3 Å². The second-order valence-corrected chi connectivity index (χ2v) is 10.6. The van der Waals surface area contributed by atoms with Crippen LogP contribution >= 0.6 is 0 Å². The highest BCUT2D eigenvalue weighted by molar-refractivity contribution is 7.89. The SMILES string of the molecule is Cc1cc(C)c(C)c(S(=O)(=O)N2CCN(C(=O)C(C)NC(=O)COc3ccccc3)CC2)c1C. The van der Waals surface area contributed by atoms with E-state index < -0.39 is 22.0 Å². The van der Waals surface area contributed by atoms with E-state index in [1.54, 1.807) is 24.0 Å². The van der Waals surface area contributed by atoms with Gasteiger partial charge in [-0.3, -0.25) is 9.59 Å². The Balaban J connectivity index is 1.58. The summed E-state index contributed by atoms with van der Waals surface area (Å²) in [6.45, 7) is 9.87. The number of hydrogen-bond donors (Lipinski definition) is 1. The van der Waals surface area contributed by atoms with Crippen molar-refractivity contribution in [3.8, 4) is 5.75 Å². The number of nitrogens with one attached hydrogen (secondary N) is 1. The van der Waals surface area contributed by atoms with Gasteiger partial charge >= 0.3 is 0 Å². The molecule has 2 aromatic carbocycles. The van der Waals surface area contributed by atoms with Crippen molar-refractivity contribution in [2.75, 3.05) is 32.8 Å². The third kappa shape index (κ3) is 5.59. The first-order chi connectivity index (χ1) is 16.0. The number of para-hydroxylation sites is 1. The summed E-state index contributed by atoms with van der Waals surface area (Å²) < 4.78 is 33.7. The van der Waals surface area contributed by atoms with Gasteiger partial charge in [0, 0.05) is 26.2 Å². The number of carbonyl (C=O) groups is 2. The molecular weight excluding hydrogens is 454 g/mol. The fourth-order valence-corrected chi connectivity index (χ4v) is 6.13. The third-order valence-electron chi connectivity index (χ3n) is 6.31. The van der Waals surface area contributed by atoms with Gasteiger partial charge in [0.05, 0.1) is 4.90 Å². The molecule has 0 spiro atoms. The molecule has 34 heavy (non-hydrogen) atoms. The van der Waals surface area contributed by atoms with Gasteiger partial charge in [0.25, 0.3) is 5.91 Å². The molecule has 1 aliphatic rings. The molecule has 0 bridgehead atoms. The van der Waals surface area contributed by atoms with E-state index in [0.717, 1.165) is 22.3 Å². The lowest BCUT2D eigenvalue weighted by Crippen LogP contribution is -2.55. The molecule has 2 aromatic rings. The minimum Gasteiger partial charge on any atom is -0.484 e. The maximum absolute atomic E-state index is 13.4. The van der Waals surface area contributed by atoms with E-state index in [0.29, 0.717) is 10.6 Å². The van der Waals surface area contributed by atoms with Crippen LogP contribution in [0.4, 0.5) is 0 Å². The fraction of sp³-hybridized carbons (Fsp3) is 0.440. The summed E-state index contributed by atoms with van der Waals surface area (Å²) in [5, 5.41) is 2.65. The van der Waals surface area contributed by atoms with E-state index in [1.165, 1.54) is 4.31 Å². The smallest absolute Gasteiger partial charge is 0.258 e. The van der Waals surface area contributed by atoms with Crippen molar-refractivity contribution < 1.29 is 22.7 Å². The Bertz CT molecular complexity index is 1130. The quantitative estimate of drug-likeness (QED) is 0.647. The highest BCUT2D eigenvalue weighted by Gasteiger charge is 2.34. The largest absolute Gasteiger partial charge is 0.484 e. The number of ether oxygens (including phenoxy) is 1. The van der Waals surface area contributed by atoms with E-state index >= 15 is 0 Å². The number of amides is 2. The second-order valence-electron chi connectivity index (χ2n) is 8.71. The van der Waals surface area contributed by atoms with Crippen LogP contribution < -0.4 is 10.1 Å². The Hall–Kier alpha value is -2.91. The molecule has 1 saturated heterocycles. The van der Waals surface area contributed by atoms with E-state index in [4.69, 9.17) is 4.74 Å². The van der Waals surface area contributed by atoms with Crippen LogP contribution in [0.5, 0.6) is 5.75 Å². The van der Waals surface area contributed by atoms with Crippen LogP contribution in [0.25, 0.3) is 0 Å². The van der Waals surface area contributed by atoms with E-state index in [2.05, 4.69) is 5.32 Å². The molecule has 8 nitrogen and oxygen atoms in total. The minimum atomic E-state index is -3.68. The third-order valence-corrected chi connectivity index (χ3v) is 8.48. The predicted octanol–water partition coefficient (Wildman–Crippen LogP) is 2.34. The number of sulfonamides is 1. The Morgan fingerprint density at radius 1 is 0.971 bits per heavy atom. The summed E-state index contributed by atoms with van der Waals surface area (Å²) in [4.78, 5) is 27.0. The normalized spacial score (nSPS) is 15.6. The second kappa shape index (κ2) is 10.6. The van der Waals surface area contributed by atoms with Crippen molar-refractivity contribution >= 4 is 21.8 Å². The van der Waals surface area contributed by atoms with Gasteiger partial charge in [-0.25, -0.2) is 8.42 Å². The number of hydrogen-bond acceptors (Lipinski definition) is 5. The Labute approximate surface area is 201 Å². The van der Waals surface area contributed by atoms with Gasteiger partial charge in [-0.2, -0.15) is 4.31 Å². The van der Waals surface area contributed by atoms with E-state index in [1.807, 2.05) is 52.0 Å². The lowest BCUT2D eigenvalue weighted by atomic mass is 10.0. The summed E-state index contributed by atoms with van der Waals surface area (Å²) in [7, 11) is -3.68. The number of benzene rings is 2. The summed E-state index contributed by atoms with van der Waals surface area (Å²) >= 11 is 0. The molecule has 2 amide bonds. The molecule has 1 aliphatic heterocycles. The Morgan fingerprint density at radius 3 is 2.09 bits per heavy atom. The van der Waals surface area contributed by atoms with Crippen molar-refractivity contribution in [1.29, 1.82) is 0 Å². The van der Waals surface area contributed by atoms with Crippen molar-refractivity contribution in [1.82, 2.24) is 14.5 Å². The topological polar surface area (TPSA) is 96.0 Å². The van der Waals surface area contributed by atoms with Crippen molar-refractivity contribution in [2.24, 2.45) is 0 Å². The van der Waals surface area contributed by atoms with Gasteiger partial charge in [0.2, 0.25) is 15.9 Å². The molecule has 0 saturated carbocycles. The molecular formula is C25H33N3O5S. The molecule has 0 aromatic heterocycles. The molecule has 0 aliphatic carbocycles. The first kappa shape index (κ1) is 25.7. The van der Waals surface area contributed by atoms with E-state index in [-0.39, 0.29) is 38.7 Å². The van der Waals surface area contributed by atoms with Crippen LogP contribution in [0.2, 0.25) is 0 Å². The average molecular weight is 488 g/mol. The van der Waals surface area contributed by atoms with Gasteiger partial charge in [-0.05, 0) is 69.0 Å². The molecule has 1 unspecified atom stereocenters. The molecule has 0 radical (unpaired) electrons. The maximum Gasteiger partial charge on any atom is 0.258 e. The highest BCUT2D eigenvalue weighted by Crippen LogP contribution is 2.29. The Kier molecular flexibility index (Phi) is 7.99. The van der Waals surface area contributed by atoms with Gasteiger partial charge in [-0.15, -0.1) is 0 Å². The summed E-state index contributed by atoms with van der Waals surface area (Å²) in [6.07, 6.45) is 0. The number of carbonyl (C=O) groups excluding carboxylic acids is 2. The number of piperazine rings is 1. The molecule has 184 valence electrons. The lowest BCUT2D eigenvalue weighted by Gasteiger charge is -2.36. The van der Waals surface area contributed by atoms with Crippen molar-refractivity contribution in [2.45, 2.75) is 45.6 Å². The average Bonchev–Trinajstić information content (AvgIpc) is 2.81. The van der Waals surface area contributed by atoms with Gasteiger partial charge in [0.15, 0.2) is 6.61 Å². The maximum atomic E-state index is 13.4. The summed E-state index contributed by atoms with van der Waals surface area (Å²) in [5.74, 6) is -0.0706. The predicted molar refractivity (Wildman–Crippen MR) is 130 cm³/mol. The summed E-state index contributed by atoms with van der Waals surface area (Å²) in [5.41, 5.74) is 3.40. The molecule has 1 heterocycles. The molecule has 1 atom stereocenters. The summed E-state index contributed by atoms with van der Waals surface area (Å²) in [6, 6.07) is 10.2. The van der Waals surface area contributed by atoms with Crippen LogP contribution in [0.1, 0.15) is 29.2 Å². The zero-order valence-corrected chi connectivity index (χ0v) is 21.2. The zero-order valence-electron chi connectivity index (χ0n) is 20.4. The first-order valence-electron chi connectivity index (χ1n) is 11.4. The number of aryl methyl sites for hydroxylation is 2. The molecule has 9 heteroatoms. The zero-order chi connectivity index (χ0) is 25.0. The lowest BCUT2D eigenvalue weighted by molar-refractivity contribution is -0.137. The minimum absolute atomic E-state index is 0.192. The van der Waals surface area contributed by atoms with Gasteiger partial charge in [0.1, 0.15) is 11.8 Å². The van der Waals surface area contributed by atoms with Crippen LogP contribution in [0.3, 0.4) is 0 Å². The van der Waals surface area contributed by atoms with Gasteiger partial charge < -0.3 is 15.0 Å². The highest BCUT2D eigenvalue weighted by atomic mass is 32.2. The fourth-order valence-electron chi connectivity index (χ4n) is 4.13.